The van der Waals surface area contributed by atoms with Crippen molar-refractivity contribution < 1.29 is 14.3 Å². The van der Waals surface area contributed by atoms with Crippen LogP contribution >= 0.6 is 0 Å². The maximum absolute atomic E-state index is 12.5. The van der Waals surface area contributed by atoms with Crippen LogP contribution in [0, 0.1) is 0 Å². The number of benzene rings is 1. The van der Waals surface area contributed by atoms with Crippen molar-refractivity contribution in [2.75, 3.05) is 39.3 Å². The average Bonchev–Trinajstić information content (AvgIpc) is 3.41. The Hall–Kier alpha value is -2.08. The second-order valence-corrected chi connectivity index (χ2v) is 6.75. The van der Waals surface area contributed by atoms with Crippen molar-refractivity contribution in [1.29, 1.82) is 0 Å². The summed E-state index contributed by atoms with van der Waals surface area (Å²) in [6.07, 6.45) is 2.63. The number of carbonyl (C=O) groups is 2. The van der Waals surface area contributed by atoms with E-state index in [1.807, 2.05) is 36.1 Å². The van der Waals surface area contributed by atoms with Crippen LogP contribution in [0.15, 0.2) is 24.3 Å². The van der Waals surface area contributed by atoms with Gasteiger partial charge in [0.1, 0.15) is 5.75 Å². The summed E-state index contributed by atoms with van der Waals surface area (Å²) in [6, 6.07) is 8.11. The zero-order chi connectivity index (χ0) is 17.6. The first kappa shape index (κ1) is 17.7. The molecule has 25 heavy (non-hydrogen) atoms. The molecule has 1 heterocycles. The van der Waals surface area contributed by atoms with Crippen LogP contribution in [0.5, 0.6) is 5.75 Å². The molecule has 0 bridgehead atoms. The molecule has 1 N–H and O–H groups in total. The monoisotopic (exact) mass is 345 g/mol. The number of nitrogens with one attached hydrogen (secondary N) is 1. The fourth-order valence-electron chi connectivity index (χ4n) is 3.02. The lowest BCUT2D eigenvalue weighted by Crippen LogP contribution is -2.51. The van der Waals surface area contributed by atoms with Crippen LogP contribution in [-0.2, 0) is 16.0 Å². The van der Waals surface area contributed by atoms with Gasteiger partial charge in [0.25, 0.3) is 0 Å². The first-order chi connectivity index (χ1) is 12.1. The minimum absolute atomic E-state index is 0.108. The van der Waals surface area contributed by atoms with E-state index in [0.717, 1.165) is 37.2 Å². The lowest BCUT2D eigenvalue weighted by Gasteiger charge is -2.34. The quantitative estimate of drug-likeness (QED) is 0.802. The van der Waals surface area contributed by atoms with Crippen molar-refractivity contribution in [3.05, 3.63) is 29.8 Å². The number of rotatable bonds is 7. The van der Waals surface area contributed by atoms with E-state index in [-0.39, 0.29) is 11.8 Å². The Bertz CT molecular complexity index is 590. The number of piperazine rings is 1. The Labute approximate surface area is 149 Å². The third-order valence-electron chi connectivity index (χ3n) is 4.62. The van der Waals surface area contributed by atoms with Crippen molar-refractivity contribution in [3.8, 4) is 5.75 Å². The third-order valence-corrected chi connectivity index (χ3v) is 4.62. The predicted molar refractivity (Wildman–Crippen MR) is 95.5 cm³/mol. The number of hydrogen-bond donors (Lipinski definition) is 1. The highest BCUT2D eigenvalue weighted by molar-refractivity contribution is 5.79. The van der Waals surface area contributed by atoms with E-state index in [4.69, 9.17) is 4.74 Å². The van der Waals surface area contributed by atoms with Crippen LogP contribution in [0.1, 0.15) is 25.3 Å². The smallest absolute Gasteiger partial charge is 0.234 e. The molecule has 1 aromatic rings. The Morgan fingerprint density at radius 3 is 2.40 bits per heavy atom. The van der Waals surface area contributed by atoms with Gasteiger partial charge >= 0.3 is 0 Å². The van der Waals surface area contributed by atoms with E-state index in [1.165, 1.54) is 0 Å². The Balaban J connectivity index is 1.40. The molecule has 3 rings (SSSR count). The van der Waals surface area contributed by atoms with Crippen LogP contribution in [-0.4, -0.2) is 67.0 Å². The van der Waals surface area contributed by atoms with Gasteiger partial charge in [-0.15, -0.1) is 0 Å². The maximum Gasteiger partial charge on any atom is 0.234 e. The van der Waals surface area contributed by atoms with Gasteiger partial charge in [-0.25, -0.2) is 0 Å². The van der Waals surface area contributed by atoms with Crippen LogP contribution in [0.3, 0.4) is 0 Å². The second-order valence-electron chi connectivity index (χ2n) is 6.75. The average molecular weight is 345 g/mol. The number of carbonyl (C=O) groups excluding carboxylic acids is 2. The molecule has 136 valence electrons. The molecule has 0 atom stereocenters. The molecule has 2 amide bonds. The third kappa shape index (κ3) is 5.46. The molecule has 1 aliphatic heterocycles. The molecule has 0 aromatic heterocycles. The molecule has 0 unspecified atom stereocenters. The van der Waals surface area contributed by atoms with E-state index >= 15 is 0 Å². The molecular formula is C19H27N3O3. The van der Waals surface area contributed by atoms with Gasteiger partial charge in [0.05, 0.1) is 19.6 Å². The zero-order valence-corrected chi connectivity index (χ0v) is 14.9. The first-order valence-corrected chi connectivity index (χ1v) is 9.15. The summed E-state index contributed by atoms with van der Waals surface area (Å²) in [4.78, 5) is 28.3. The summed E-state index contributed by atoms with van der Waals surface area (Å²) in [5.74, 6) is 1.08. The summed E-state index contributed by atoms with van der Waals surface area (Å²) < 4.78 is 5.42. The largest absolute Gasteiger partial charge is 0.494 e. The van der Waals surface area contributed by atoms with Crippen LogP contribution < -0.4 is 10.1 Å². The van der Waals surface area contributed by atoms with Gasteiger partial charge in [0, 0.05) is 32.2 Å². The number of amides is 2. The highest BCUT2D eigenvalue weighted by Gasteiger charge is 2.26. The molecule has 2 aliphatic rings. The molecule has 6 heteroatoms. The molecular weight excluding hydrogens is 318 g/mol. The van der Waals surface area contributed by atoms with Crippen LogP contribution in [0.4, 0.5) is 0 Å². The molecule has 1 saturated carbocycles. The van der Waals surface area contributed by atoms with Gasteiger partial charge < -0.3 is 15.0 Å². The molecule has 6 nitrogen and oxygen atoms in total. The van der Waals surface area contributed by atoms with Crippen molar-refractivity contribution in [2.45, 2.75) is 32.2 Å². The predicted octanol–water partition coefficient (Wildman–Crippen LogP) is 1.05. The van der Waals surface area contributed by atoms with E-state index in [1.54, 1.807) is 0 Å². The highest BCUT2D eigenvalue weighted by atomic mass is 16.5. The normalized spacial score (nSPS) is 18.0. The van der Waals surface area contributed by atoms with Gasteiger partial charge in [-0.1, -0.05) is 12.1 Å². The van der Waals surface area contributed by atoms with Crippen LogP contribution in [0.2, 0.25) is 0 Å². The lowest BCUT2D eigenvalue weighted by molar-refractivity contribution is -0.132. The van der Waals surface area contributed by atoms with Gasteiger partial charge in [-0.3, -0.25) is 14.5 Å². The van der Waals surface area contributed by atoms with E-state index < -0.39 is 0 Å². The summed E-state index contributed by atoms with van der Waals surface area (Å²) in [5, 5.41) is 3.01. The SMILES string of the molecule is CCOc1ccc(CC(=O)N2CCN(CC(=O)NC3CC3)CC2)cc1. The number of nitrogens with zero attached hydrogens (tertiary/aromatic N) is 2. The maximum atomic E-state index is 12.5. The fourth-order valence-corrected chi connectivity index (χ4v) is 3.02. The lowest BCUT2D eigenvalue weighted by atomic mass is 10.1. The first-order valence-electron chi connectivity index (χ1n) is 9.15. The number of hydrogen-bond acceptors (Lipinski definition) is 4. The Kier molecular flexibility index (Phi) is 5.91. The molecule has 1 aromatic carbocycles. The van der Waals surface area contributed by atoms with Gasteiger partial charge in [0.15, 0.2) is 0 Å². The van der Waals surface area contributed by atoms with Gasteiger partial charge in [0.2, 0.25) is 11.8 Å². The molecule has 0 radical (unpaired) electrons. The van der Waals surface area contributed by atoms with Crippen molar-refractivity contribution in [1.82, 2.24) is 15.1 Å². The standard InChI is InChI=1S/C19H27N3O3/c1-2-25-17-7-3-15(4-8-17)13-19(24)22-11-9-21(10-12-22)14-18(23)20-16-5-6-16/h3-4,7-8,16H,2,5-6,9-14H2,1H3,(H,20,23). The fraction of sp³-hybridized carbons (Fsp3) is 0.579. The minimum Gasteiger partial charge on any atom is -0.494 e. The van der Waals surface area contributed by atoms with E-state index in [0.29, 0.717) is 38.7 Å². The van der Waals surface area contributed by atoms with Crippen molar-refractivity contribution in [3.63, 3.8) is 0 Å². The minimum atomic E-state index is 0.108. The summed E-state index contributed by atoms with van der Waals surface area (Å²) in [5.41, 5.74) is 1.000. The topological polar surface area (TPSA) is 61.9 Å². The second kappa shape index (κ2) is 8.34. The van der Waals surface area contributed by atoms with Gasteiger partial charge in [-0.05, 0) is 37.5 Å². The van der Waals surface area contributed by atoms with Crippen LogP contribution in [0.25, 0.3) is 0 Å². The summed E-state index contributed by atoms with van der Waals surface area (Å²) in [6.45, 7) is 5.92. The number of ether oxygens (including phenoxy) is 1. The molecule has 1 saturated heterocycles. The summed E-state index contributed by atoms with van der Waals surface area (Å²) in [7, 11) is 0. The van der Waals surface area contributed by atoms with E-state index in [2.05, 4.69) is 10.2 Å². The van der Waals surface area contributed by atoms with E-state index in [9.17, 15) is 9.59 Å². The van der Waals surface area contributed by atoms with Crippen molar-refractivity contribution in [2.24, 2.45) is 0 Å². The molecule has 1 aliphatic carbocycles. The highest BCUT2D eigenvalue weighted by Crippen LogP contribution is 2.18. The Morgan fingerprint density at radius 1 is 1.12 bits per heavy atom. The molecule has 0 spiro atoms. The Morgan fingerprint density at radius 2 is 1.80 bits per heavy atom. The van der Waals surface area contributed by atoms with Crippen molar-refractivity contribution >= 4 is 11.8 Å². The zero-order valence-electron chi connectivity index (χ0n) is 14.9. The van der Waals surface area contributed by atoms with Gasteiger partial charge in [-0.2, -0.15) is 0 Å². The summed E-state index contributed by atoms with van der Waals surface area (Å²) >= 11 is 0. The molecule has 2 fully saturated rings.